The zero-order chi connectivity index (χ0) is 18.6. The predicted octanol–water partition coefficient (Wildman–Crippen LogP) is 2.47. The molecule has 0 atom stereocenters. The van der Waals surface area contributed by atoms with Crippen LogP contribution in [0.4, 0.5) is 0 Å². The van der Waals surface area contributed by atoms with Gasteiger partial charge >= 0.3 is 0 Å². The number of hydrogen-bond acceptors (Lipinski definition) is 5. The van der Waals surface area contributed by atoms with Crippen LogP contribution in [0.2, 0.25) is 0 Å². The molecule has 6 heteroatoms. The molecule has 0 heterocycles. The van der Waals surface area contributed by atoms with Gasteiger partial charge in [-0.05, 0) is 20.4 Å². The molecule has 0 bridgehead atoms. The highest BCUT2D eigenvalue weighted by atomic mass is 16.5. The van der Waals surface area contributed by atoms with Gasteiger partial charge in [0, 0.05) is 26.3 Å². The molecule has 0 aliphatic heterocycles. The van der Waals surface area contributed by atoms with Crippen LogP contribution in [0.3, 0.4) is 0 Å². The van der Waals surface area contributed by atoms with E-state index < -0.39 is 0 Å². The maximum Gasteiger partial charge on any atom is 0.207 e. The SMILES string of the molecule is CC.CC.CCNCCOCCOCCNC=O.CCOCC. The summed E-state index contributed by atoms with van der Waals surface area (Å²) in [6, 6.07) is 0. The van der Waals surface area contributed by atoms with Crippen molar-refractivity contribution >= 4 is 6.41 Å². The van der Waals surface area contributed by atoms with Gasteiger partial charge in [0.05, 0.1) is 26.4 Å². The number of carbonyl (C=O) groups is 1. The fraction of sp³-hybridized carbons (Fsp3) is 0.941. The molecule has 1 amide bonds. The summed E-state index contributed by atoms with van der Waals surface area (Å²) in [5, 5.41) is 5.66. The predicted molar refractivity (Wildman–Crippen MR) is 99.1 cm³/mol. The molecule has 0 fully saturated rings. The molecular formula is C17H42N2O4. The Morgan fingerprint density at radius 3 is 1.57 bits per heavy atom. The standard InChI is InChI=1S/C9H20N2O3.C4H10O.2C2H6/c1-2-10-3-5-13-7-8-14-6-4-11-9-12;1-3-5-4-2;2*1-2/h9-10H,2-8H2,1H3,(H,11,12);3-4H2,1-2H3;2*1-2H3. The molecule has 144 valence electrons. The van der Waals surface area contributed by atoms with Gasteiger partial charge in [-0.1, -0.05) is 34.6 Å². The lowest BCUT2D eigenvalue weighted by atomic mass is 10.6. The monoisotopic (exact) mass is 338 g/mol. The summed E-state index contributed by atoms with van der Waals surface area (Å²) in [6.07, 6.45) is 0.663. The second-order valence-corrected chi connectivity index (χ2v) is 3.43. The average Bonchev–Trinajstić information content (AvgIpc) is 2.61. The molecule has 0 rings (SSSR count). The average molecular weight is 339 g/mol. The molecule has 0 radical (unpaired) electrons. The van der Waals surface area contributed by atoms with Gasteiger partial charge < -0.3 is 24.8 Å². The smallest absolute Gasteiger partial charge is 0.207 e. The molecule has 0 spiro atoms. The van der Waals surface area contributed by atoms with Crippen LogP contribution >= 0.6 is 0 Å². The lowest BCUT2D eigenvalue weighted by Crippen LogP contribution is -2.21. The van der Waals surface area contributed by atoms with Crippen molar-refractivity contribution in [2.24, 2.45) is 0 Å². The van der Waals surface area contributed by atoms with Crippen LogP contribution < -0.4 is 10.6 Å². The molecule has 0 saturated heterocycles. The first kappa shape index (κ1) is 30.2. The Balaban J connectivity index is -0.000000167. The number of amides is 1. The summed E-state index contributed by atoms with van der Waals surface area (Å²) in [5.74, 6) is 0. The van der Waals surface area contributed by atoms with Gasteiger partial charge in [0.25, 0.3) is 0 Å². The summed E-state index contributed by atoms with van der Waals surface area (Å²) in [4.78, 5) is 9.84. The van der Waals surface area contributed by atoms with Crippen LogP contribution in [0.1, 0.15) is 48.5 Å². The van der Waals surface area contributed by atoms with Crippen molar-refractivity contribution in [3.63, 3.8) is 0 Å². The van der Waals surface area contributed by atoms with Crippen molar-refractivity contribution in [2.75, 3.05) is 59.3 Å². The summed E-state index contributed by atoms with van der Waals surface area (Å²) in [6.45, 7) is 20.6. The first-order valence-electron chi connectivity index (χ1n) is 8.94. The fourth-order valence-electron chi connectivity index (χ4n) is 1.04. The number of nitrogens with one attached hydrogen (secondary N) is 2. The van der Waals surface area contributed by atoms with E-state index in [0.29, 0.717) is 39.4 Å². The minimum absolute atomic E-state index is 0.537. The third-order valence-electron chi connectivity index (χ3n) is 1.93. The molecule has 23 heavy (non-hydrogen) atoms. The third kappa shape index (κ3) is 52.4. The molecule has 6 nitrogen and oxygen atoms in total. The van der Waals surface area contributed by atoms with Crippen LogP contribution in [-0.4, -0.2) is 65.7 Å². The molecule has 2 N–H and O–H groups in total. The molecule has 0 aromatic rings. The van der Waals surface area contributed by atoms with E-state index in [-0.39, 0.29) is 0 Å². The normalized spacial score (nSPS) is 8.48. The Morgan fingerprint density at radius 2 is 1.22 bits per heavy atom. The van der Waals surface area contributed by atoms with E-state index in [1.54, 1.807) is 0 Å². The number of ether oxygens (including phenoxy) is 3. The highest BCUT2D eigenvalue weighted by Gasteiger charge is 1.89. The molecular weight excluding hydrogens is 296 g/mol. The van der Waals surface area contributed by atoms with E-state index in [2.05, 4.69) is 17.6 Å². The largest absolute Gasteiger partial charge is 0.382 e. The van der Waals surface area contributed by atoms with Gasteiger partial charge in [0.2, 0.25) is 6.41 Å². The van der Waals surface area contributed by atoms with Crippen molar-refractivity contribution in [1.82, 2.24) is 10.6 Å². The van der Waals surface area contributed by atoms with E-state index in [9.17, 15) is 4.79 Å². The Kier molecular flexibility index (Phi) is 56.4. The van der Waals surface area contributed by atoms with Crippen molar-refractivity contribution in [3.05, 3.63) is 0 Å². The van der Waals surface area contributed by atoms with Gasteiger partial charge in [-0.2, -0.15) is 0 Å². The molecule has 0 unspecified atom stereocenters. The zero-order valence-corrected chi connectivity index (χ0v) is 16.6. The highest BCUT2D eigenvalue weighted by molar-refractivity contribution is 5.45. The maximum absolute atomic E-state index is 9.84. The zero-order valence-electron chi connectivity index (χ0n) is 16.6. The number of carbonyl (C=O) groups excluding carboxylic acids is 1. The minimum atomic E-state index is 0.537. The maximum atomic E-state index is 9.84. The fourth-order valence-corrected chi connectivity index (χ4v) is 1.04. The topological polar surface area (TPSA) is 68.8 Å². The molecule has 0 aliphatic rings. The van der Waals surface area contributed by atoms with Crippen LogP contribution in [0.15, 0.2) is 0 Å². The number of likely N-dealkylation sites (N-methyl/N-ethyl adjacent to an activating group) is 1. The van der Waals surface area contributed by atoms with Gasteiger partial charge in [0.15, 0.2) is 0 Å². The molecule has 0 aliphatic carbocycles. The first-order valence-corrected chi connectivity index (χ1v) is 8.94. The Hall–Kier alpha value is -0.690. The van der Waals surface area contributed by atoms with Crippen LogP contribution in [-0.2, 0) is 19.0 Å². The van der Waals surface area contributed by atoms with Gasteiger partial charge in [-0.15, -0.1) is 0 Å². The van der Waals surface area contributed by atoms with Gasteiger partial charge in [0.1, 0.15) is 0 Å². The molecule has 0 aromatic carbocycles. The van der Waals surface area contributed by atoms with E-state index >= 15 is 0 Å². The second-order valence-electron chi connectivity index (χ2n) is 3.43. The molecule has 0 aromatic heterocycles. The van der Waals surface area contributed by atoms with Crippen molar-refractivity contribution < 1.29 is 19.0 Å². The Labute approximate surface area is 144 Å². The third-order valence-corrected chi connectivity index (χ3v) is 1.93. The van der Waals surface area contributed by atoms with Crippen molar-refractivity contribution in [3.8, 4) is 0 Å². The second kappa shape index (κ2) is 42.9. The van der Waals surface area contributed by atoms with Crippen molar-refractivity contribution in [2.45, 2.75) is 48.5 Å². The van der Waals surface area contributed by atoms with E-state index in [4.69, 9.17) is 14.2 Å². The van der Waals surface area contributed by atoms with Gasteiger partial charge in [-0.25, -0.2) is 0 Å². The van der Waals surface area contributed by atoms with E-state index in [1.165, 1.54) is 0 Å². The number of hydrogen-bond donors (Lipinski definition) is 2. The molecule has 0 saturated carbocycles. The summed E-state index contributed by atoms with van der Waals surface area (Å²) >= 11 is 0. The quantitative estimate of drug-likeness (QED) is 0.399. The van der Waals surface area contributed by atoms with E-state index in [1.807, 2.05) is 41.5 Å². The highest BCUT2D eigenvalue weighted by Crippen LogP contribution is 1.77. The summed E-state index contributed by atoms with van der Waals surface area (Å²) in [7, 11) is 0. The lowest BCUT2D eigenvalue weighted by Gasteiger charge is -2.05. The first-order chi connectivity index (χ1) is 11.3. The van der Waals surface area contributed by atoms with Crippen LogP contribution in [0.25, 0.3) is 0 Å². The summed E-state index contributed by atoms with van der Waals surface area (Å²) in [5.41, 5.74) is 0. The Bertz CT molecular complexity index is 160. The van der Waals surface area contributed by atoms with E-state index in [0.717, 1.165) is 26.3 Å². The minimum Gasteiger partial charge on any atom is -0.382 e. The summed E-state index contributed by atoms with van der Waals surface area (Å²) < 4.78 is 15.3. The number of rotatable bonds is 13. The van der Waals surface area contributed by atoms with Crippen LogP contribution in [0, 0.1) is 0 Å². The Morgan fingerprint density at radius 1 is 0.739 bits per heavy atom. The van der Waals surface area contributed by atoms with Crippen molar-refractivity contribution in [1.29, 1.82) is 0 Å². The van der Waals surface area contributed by atoms with Gasteiger partial charge in [-0.3, -0.25) is 4.79 Å². The lowest BCUT2D eigenvalue weighted by molar-refractivity contribution is -0.109. The van der Waals surface area contributed by atoms with Crippen LogP contribution in [0.5, 0.6) is 0 Å².